The lowest BCUT2D eigenvalue weighted by Gasteiger charge is -2.32. The highest BCUT2D eigenvalue weighted by Crippen LogP contribution is 2.29. The number of anilines is 1. The third-order valence-electron chi connectivity index (χ3n) is 7.37. The Morgan fingerprint density at radius 2 is 1.65 bits per heavy atom. The Hall–Kier alpha value is -4.45. The molecule has 0 saturated carbocycles. The van der Waals surface area contributed by atoms with Crippen LogP contribution in [0.2, 0.25) is 0 Å². The Labute approximate surface area is 252 Å². The first-order valence-electron chi connectivity index (χ1n) is 13.9. The molecule has 0 aliphatic carbocycles. The highest BCUT2D eigenvalue weighted by molar-refractivity contribution is 7.92. The first kappa shape index (κ1) is 33.1. The number of benzene rings is 3. The standard InChI is InChI=1S/C31H38N4O7S/c1-7-23(4)32-31(37)24(5)33(19-25-11-9-8-10-21(25)2)30(36)20-34(26-13-15-27(42-6)16-14-26)43(40,41)28-17-12-22(3)29(18-28)35(38)39/h8-18,23-24H,7,19-20H2,1-6H3,(H,32,37). The summed E-state index contributed by atoms with van der Waals surface area (Å²) in [4.78, 5) is 39.2. The minimum absolute atomic E-state index is 0.0626. The summed E-state index contributed by atoms with van der Waals surface area (Å²) < 4.78 is 34.2. The van der Waals surface area contributed by atoms with E-state index in [0.717, 1.165) is 21.5 Å². The summed E-state index contributed by atoms with van der Waals surface area (Å²) in [6, 6.07) is 16.0. The Kier molecular flexibility index (Phi) is 10.9. The number of sulfonamides is 1. The van der Waals surface area contributed by atoms with E-state index in [-0.39, 0.29) is 34.8 Å². The second-order valence-electron chi connectivity index (χ2n) is 10.4. The Bertz CT molecular complexity index is 1580. The number of nitro groups is 1. The van der Waals surface area contributed by atoms with Gasteiger partial charge in [0.05, 0.1) is 22.6 Å². The van der Waals surface area contributed by atoms with Gasteiger partial charge in [0.25, 0.3) is 15.7 Å². The van der Waals surface area contributed by atoms with Crippen molar-refractivity contribution >= 4 is 33.2 Å². The number of hydrogen-bond donors (Lipinski definition) is 1. The highest BCUT2D eigenvalue weighted by Gasteiger charge is 2.34. The van der Waals surface area contributed by atoms with Gasteiger partial charge in [-0.15, -0.1) is 0 Å². The van der Waals surface area contributed by atoms with Crippen molar-refractivity contribution < 1.29 is 27.7 Å². The molecule has 0 radical (unpaired) electrons. The fourth-order valence-corrected chi connectivity index (χ4v) is 5.80. The summed E-state index contributed by atoms with van der Waals surface area (Å²) in [6.45, 7) is 8.18. The first-order valence-corrected chi connectivity index (χ1v) is 15.3. The molecule has 11 nitrogen and oxygen atoms in total. The third-order valence-corrected chi connectivity index (χ3v) is 9.14. The minimum Gasteiger partial charge on any atom is -0.497 e. The zero-order valence-electron chi connectivity index (χ0n) is 25.2. The quantitative estimate of drug-likeness (QED) is 0.218. The molecule has 0 aromatic heterocycles. The fraction of sp³-hybridized carbons (Fsp3) is 0.355. The molecular weight excluding hydrogens is 572 g/mol. The van der Waals surface area contributed by atoms with Crippen molar-refractivity contribution in [1.82, 2.24) is 10.2 Å². The van der Waals surface area contributed by atoms with E-state index in [4.69, 9.17) is 4.74 Å². The van der Waals surface area contributed by atoms with Crippen LogP contribution in [0, 0.1) is 24.0 Å². The first-order chi connectivity index (χ1) is 20.3. The number of nitro benzene ring substituents is 1. The van der Waals surface area contributed by atoms with Gasteiger partial charge in [0.15, 0.2) is 0 Å². The van der Waals surface area contributed by atoms with Crippen molar-refractivity contribution in [2.45, 2.75) is 64.6 Å². The predicted molar refractivity (Wildman–Crippen MR) is 164 cm³/mol. The second-order valence-corrected chi connectivity index (χ2v) is 12.2. The van der Waals surface area contributed by atoms with Gasteiger partial charge in [-0.2, -0.15) is 0 Å². The zero-order valence-corrected chi connectivity index (χ0v) is 26.1. The Morgan fingerprint density at radius 3 is 2.23 bits per heavy atom. The van der Waals surface area contributed by atoms with Gasteiger partial charge >= 0.3 is 0 Å². The highest BCUT2D eigenvalue weighted by atomic mass is 32.2. The zero-order chi connectivity index (χ0) is 31.9. The van der Waals surface area contributed by atoms with Gasteiger partial charge in [0.1, 0.15) is 18.3 Å². The van der Waals surface area contributed by atoms with E-state index in [0.29, 0.717) is 17.7 Å². The average molecular weight is 611 g/mol. The number of ether oxygens (including phenoxy) is 1. The molecule has 0 fully saturated rings. The van der Waals surface area contributed by atoms with E-state index < -0.39 is 33.4 Å². The number of nitrogens with one attached hydrogen (secondary N) is 1. The van der Waals surface area contributed by atoms with Crippen LogP contribution >= 0.6 is 0 Å². The summed E-state index contributed by atoms with van der Waals surface area (Å²) in [5.41, 5.74) is 1.78. The van der Waals surface area contributed by atoms with E-state index in [1.807, 2.05) is 45.0 Å². The van der Waals surface area contributed by atoms with Crippen molar-refractivity contribution in [1.29, 1.82) is 0 Å². The second kappa shape index (κ2) is 14.1. The lowest BCUT2D eigenvalue weighted by atomic mass is 10.1. The van der Waals surface area contributed by atoms with Crippen LogP contribution in [0.3, 0.4) is 0 Å². The van der Waals surface area contributed by atoms with Gasteiger partial charge in [0.2, 0.25) is 11.8 Å². The maximum absolute atomic E-state index is 14.1. The molecule has 0 heterocycles. The number of carbonyl (C=O) groups excluding carboxylic acids is 2. The van der Waals surface area contributed by atoms with Crippen LogP contribution in [0.4, 0.5) is 11.4 Å². The summed E-state index contributed by atoms with van der Waals surface area (Å²) in [7, 11) is -3.02. The molecule has 0 aliphatic heterocycles. The average Bonchev–Trinajstić information content (AvgIpc) is 2.98. The van der Waals surface area contributed by atoms with Crippen LogP contribution < -0.4 is 14.4 Å². The SMILES string of the molecule is CCC(C)NC(=O)C(C)N(Cc1ccccc1C)C(=O)CN(c1ccc(OC)cc1)S(=O)(=O)c1ccc(C)c([N+](=O)[O-])c1. The van der Waals surface area contributed by atoms with E-state index in [1.165, 1.54) is 43.2 Å². The van der Waals surface area contributed by atoms with Crippen molar-refractivity contribution in [3.8, 4) is 5.75 Å². The Balaban J connectivity index is 2.10. The molecule has 2 amide bonds. The number of carbonyl (C=O) groups is 2. The fourth-order valence-electron chi connectivity index (χ4n) is 4.37. The molecular formula is C31H38N4O7S. The van der Waals surface area contributed by atoms with Crippen molar-refractivity contribution in [2.75, 3.05) is 18.0 Å². The van der Waals surface area contributed by atoms with Gasteiger partial charge in [-0.3, -0.25) is 24.0 Å². The molecule has 43 heavy (non-hydrogen) atoms. The molecule has 0 bridgehead atoms. The van der Waals surface area contributed by atoms with Crippen LogP contribution in [0.5, 0.6) is 5.75 Å². The number of aryl methyl sites for hydroxylation is 2. The van der Waals surface area contributed by atoms with Gasteiger partial charge in [-0.25, -0.2) is 8.42 Å². The van der Waals surface area contributed by atoms with Crippen molar-refractivity contribution in [3.05, 3.63) is 93.5 Å². The molecule has 2 atom stereocenters. The molecule has 1 N–H and O–H groups in total. The van der Waals surface area contributed by atoms with Crippen LogP contribution in [0.25, 0.3) is 0 Å². The van der Waals surface area contributed by atoms with E-state index in [2.05, 4.69) is 5.32 Å². The molecule has 0 aliphatic rings. The summed E-state index contributed by atoms with van der Waals surface area (Å²) in [5.74, 6) is -0.532. The van der Waals surface area contributed by atoms with E-state index in [9.17, 15) is 28.1 Å². The number of nitrogens with zero attached hydrogens (tertiary/aromatic N) is 3. The molecule has 12 heteroatoms. The van der Waals surface area contributed by atoms with Gasteiger partial charge < -0.3 is 15.0 Å². The molecule has 3 aromatic rings. The van der Waals surface area contributed by atoms with Crippen LogP contribution in [-0.4, -0.2) is 55.8 Å². The maximum atomic E-state index is 14.1. The minimum atomic E-state index is -4.48. The third kappa shape index (κ3) is 7.89. The largest absolute Gasteiger partial charge is 0.497 e. The van der Waals surface area contributed by atoms with Crippen LogP contribution in [-0.2, 0) is 26.2 Å². The number of hydrogen-bond acceptors (Lipinski definition) is 7. The molecule has 230 valence electrons. The summed E-state index contributed by atoms with van der Waals surface area (Å²) in [6.07, 6.45) is 0.691. The number of amides is 2. The summed E-state index contributed by atoms with van der Waals surface area (Å²) in [5, 5.41) is 14.5. The van der Waals surface area contributed by atoms with Gasteiger partial charge in [-0.1, -0.05) is 37.3 Å². The van der Waals surface area contributed by atoms with Crippen molar-refractivity contribution in [3.63, 3.8) is 0 Å². The van der Waals surface area contributed by atoms with Gasteiger partial charge in [-0.05, 0) is 75.6 Å². The number of methoxy groups -OCH3 is 1. The number of rotatable bonds is 13. The molecule has 3 rings (SSSR count). The maximum Gasteiger partial charge on any atom is 0.273 e. The molecule has 0 spiro atoms. The normalized spacial score (nSPS) is 12.6. The smallest absolute Gasteiger partial charge is 0.273 e. The predicted octanol–water partition coefficient (Wildman–Crippen LogP) is 4.75. The Morgan fingerprint density at radius 1 is 1.00 bits per heavy atom. The van der Waals surface area contributed by atoms with Crippen LogP contribution in [0.15, 0.2) is 71.6 Å². The lowest BCUT2D eigenvalue weighted by Crippen LogP contribution is -2.52. The van der Waals surface area contributed by atoms with Crippen LogP contribution in [0.1, 0.15) is 43.9 Å². The molecule has 0 saturated heterocycles. The van der Waals surface area contributed by atoms with E-state index >= 15 is 0 Å². The van der Waals surface area contributed by atoms with Gasteiger partial charge in [0, 0.05) is 24.2 Å². The molecule has 2 unspecified atom stereocenters. The monoisotopic (exact) mass is 610 g/mol. The van der Waals surface area contributed by atoms with Crippen molar-refractivity contribution in [2.24, 2.45) is 0 Å². The lowest BCUT2D eigenvalue weighted by molar-refractivity contribution is -0.385. The topological polar surface area (TPSA) is 139 Å². The summed E-state index contributed by atoms with van der Waals surface area (Å²) >= 11 is 0. The molecule has 3 aromatic carbocycles. The van der Waals surface area contributed by atoms with E-state index in [1.54, 1.807) is 19.1 Å².